The normalized spacial score (nSPS) is 39.6. The summed E-state index contributed by atoms with van der Waals surface area (Å²) in [7, 11) is 1.39. The standard InChI is InChI=1S/C19H22N2O3/c1-24-18(23)14-15(22)11-5-4-9-21-10-8-19(17(11)21)12-6-2-3-7-13(12)20-16(14)19/h2-3,6-7,11,14,16-17,20H,4-5,8-10H2,1H3/t11-,14?,16-,17-,19+/m0/s1. The van der Waals surface area contributed by atoms with E-state index < -0.39 is 5.92 Å². The third-order valence-corrected chi connectivity index (χ3v) is 6.83. The van der Waals surface area contributed by atoms with Crippen LogP contribution in [0.2, 0.25) is 0 Å². The van der Waals surface area contributed by atoms with E-state index in [0.29, 0.717) is 0 Å². The molecule has 5 atom stereocenters. The molecule has 5 rings (SSSR count). The van der Waals surface area contributed by atoms with Gasteiger partial charge in [0.15, 0.2) is 5.78 Å². The van der Waals surface area contributed by atoms with Crippen molar-refractivity contribution in [3.8, 4) is 0 Å². The molecule has 5 nitrogen and oxygen atoms in total. The number of benzene rings is 1. The minimum absolute atomic E-state index is 0.0467. The molecule has 1 spiro atoms. The highest BCUT2D eigenvalue weighted by Crippen LogP contribution is 2.59. The zero-order chi connectivity index (χ0) is 16.5. The van der Waals surface area contributed by atoms with E-state index in [4.69, 9.17) is 4.74 Å². The maximum atomic E-state index is 13.2. The number of hydrogen-bond acceptors (Lipinski definition) is 5. The van der Waals surface area contributed by atoms with Gasteiger partial charge in [0.2, 0.25) is 0 Å². The molecule has 1 unspecified atom stereocenters. The van der Waals surface area contributed by atoms with Crippen LogP contribution in [0.5, 0.6) is 0 Å². The van der Waals surface area contributed by atoms with E-state index in [2.05, 4.69) is 28.4 Å². The van der Waals surface area contributed by atoms with Crippen LogP contribution in [0.25, 0.3) is 0 Å². The van der Waals surface area contributed by atoms with Crippen molar-refractivity contribution >= 4 is 17.4 Å². The maximum absolute atomic E-state index is 13.2. The molecular weight excluding hydrogens is 304 g/mol. The summed E-state index contributed by atoms with van der Waals surface area (Å²) in [6, 6.07) is 8.38. The lowest BCUT2D eigenvalue weighted by Crippen LogP contribution is -2.66. The number of methoxy groups -OCH3 is 1. The van der Waals surface area contributed by atoms with E-state index in [1.165, 1.54) is 12.7 Å². The first kappa shape index (κ1) is 14.5. The third kappa shape index (κ3) is 1.54. The first-order chi connectivity index (χ1) is 11.7. The van der Waals surface area contributed by atoms with Gasteiger partial charge in [0.25, 0.3) is 0 Å². The van der Waals surface area contributed by atoms with Crippen molar-refractivity contribution in [2.45, 2.75) is 36.8 Å². The molecule has 2 saturated heterocycles. The van der Waals surface area contributed by atoms with Gasteiger partial charge in [-0.3, -0.25) is 14.5 Å². The van der Waals surface area contributed by atoms with E-state index in [9.17, 15) is 9.59 Å². The average Bonchev–Trinajstić information content (AvgIpc) is 3.16. The van der Waals surface area contributed by atoms with Crippen LogP contribution < -0.4 is 5.32 Å². The van der Waals surface area contributed by atoms with Crippen molar-refractivity contribution in [1.29, 1.82) is 0 Å². The summed E-state index contributed by atoms with van der Waals surface area (Å²) in [6.45, 7) is 2.07. The van der Waals surface area contributed by atoms with Crippen molar-refractivity contribution in [3.05, 3.63) is 29.8 Å². The molecule has 0 bridgehead atoms. The Balaban J connectivity index is 1.73. The number of carbonyl (C=O) groups is 2. The number of nitrogens with zero attached hydrogens (tertiary/aromatic N) is 1. The molecule has 3 heterocycles. The molecule has 24 heavy (non-hydrogen) atoms. The number of carbonyl (C=O) groups excluding carboxylic acids is 2. The molecule has 4 aliphatic rings. The van der Waals surface area contributed by atoms with Gasteiger partial charge in [0.05, 0.1) is 13.2 Å². The zero-order valence-corrected chi connectivity index (χ0v) is 13.8. The van der Waals surface area contributed by atoms with Crippen LogP contribution in [0.1, 0.15) is 24.8 Å². The van der Waals surface area contributed by atoms with Crippen LogP contribution >= 0.6 is 0 Å². The Morgan fingerprint density at radius 1 is 1.33 bits per heavy atom. The second-order valence-corrected chi connectivity index (χ2v) is 7.59. The van der Waals surface area contributed by atoms with Crippen LogP contribution in [0.4, 0.5) is 5.69 Å². The highest BCUT2D eigenvalue weighted by molar-refractivity contribution is 6.04. The lowest BCUT2D eigenvalue weighted by atomic mass is 9.56. The fourth-order valence-corrected chi connectivity index (χ4v) is 6.04. The number of fused-ring (bicyclic) bond motifs is 1. The number of ketones is 1. The zero-order valence-electron chi connectivity index (χ0n) is 13.8. The van der Waals surface area contributed by atoms with Gasteiger partial charge in [-0.15, -0.1) is 0 Å². The molecule has 1 aromatic rings. The van der Waals surface area contributed by atoms with Crippen LogP contribution in [0.15, 0.2) is 24.3 Å². The fraction of sp³-hybridized carbons (Fsp3) is 0.579. The molecule has 0 aromatic heterocycles. The van der Waals surface area contributed by atoms with Crippen molar-refractivity contribution in [2.75, 3.05) is 25.5 Å². The van der Waals surface area contributed by atoms with E-state index in [1.807, 2.05) is 6.07 Å². The summed E-state index contributed by atoms with van der Waals surface area (Å²) >= 11 is 0. The van der Waals surface area contributed by atoms with Gasteiger partial charge in [-0.2, -0.15) is 0 Å². The third-order valence-electron chi connectivity index (χ3n) is 6.83. The summed E-state index contributed by atoms with van der Waals surface area (Å²) < 4.78 is 5.04. The van der Waals surface area contributed by atoms with Gasteiger partial charge in [-0.05, 0) is 44.0 Å². The molecule has 126 valence electrons. The van der Waals surface area contributed by atoms with Crippen molar-refractivity contribution in [2.24, 2.45) is 11.8 Å². The fourth-order valence-electron chi connectivity index (χ4n) is 6.04. The molecule has 3 fully saturated rings. The van der Waals surface area contributed by atoms with E-state index in [1.54, 1.807) is 0 Å². The molecule has 1 aromatic carbocycles. The first-order valence-electron chi connectivity index (χ1n) is 8.90. The Hall–Kier alpha value is -1.88. The Kier molecular flexibility index (Phi) is 2.90. The number of para-hydroxylation sites is 1. The van der Waals surface area contributed by atoms with E-state index in [-0.39, 0.29) is 35.2 Å². The number of piperidine rings is 1. The summed E-state index contributed by atoms with van der Waals surface area (Å²) in [4.78, 5) is 28.2. The van der Waals surface area contributed by atoms with Crippen molar-refractivity contribution < 1.29 is 14.3 Å². The Bertz CT molecular complexity index is 733. The van der Waals surface area contributed by atoms with E-state index >= 15 is 0 Å². The number of hydrogen-bond donors (Lipinski definition) is 1. The SMILES string of the molecule is COC(=O)C1C(=O)[C@@H]2CCCN3CC[C@]4(c5ccccc5N[C@@H]14)[C@H]23. The van der Waals surface area contributed by atoms with Gasteiger partial charge in [-0.1, -0.05) is 18.2 Å². The minimum Gasteiger partial charge on any atom is -0.468 e. The Morgan fingerprint density at radius 3 is 3.00 bits per heavy atom. The predicted octanol–water partition coefficient (Wildman–Crippen LogP) is 1.57. The Labute approximate surface area is 141 Å². The highest BCUT2D eigenvalue weighted by Gasteiger charge is 2.68. The lowest BCUT2D eigenvalue weighted by molar-refractivity contribution is -0.156. The summed E-state index contributed by atoms with van der Waals surface area (Å²) in [5.74, 6) is -1.04. The lowest BCUT2D eigenvalue weighted by Gasteiger charge is -2.51. The highest BCUT2D eigenvalue weighted by atomic mass is 16.5. The number of nitrogens with one attached hydrogen (secondary N) is 1. The molecule has 1 aliphatic carbocycles. The molecule has 3 aliphatic heterocycles. The van der Waals surface area contributed by atoms with Crippen LogP contribution in [-0.4, -0.2) is 48.9 Å². The number of rotatable bonds is 1. The largest absolute Gasteiger partial charge is 0.468 e. The van der Waals surface area contributed by atoms with Crippen LogP contribution in [-0.2, 0) is 19.7 Å². The smallest absolute Gasteiger partial charge is 0.318 e. The molecule has 1 saturated carbocycles. The maximum Gasteiger partial charge on any atom is 0.318 e. The molecule has 0 amide bonds. The van der Waals surface area contributed by atoms with Gasteiger partial charge in [-0.25, -0.2) is 0 Å². The Morgan fingerprint density at radius 2 is 2.17 bits per heavy atom. The molecule has 5 heteroatoms. The minimum atomic E-state index is -0.693. The monoisotopic (exact) mass is 326 g/mol. The number of ether oxygens (including phenoxy) is 1. The summed E-state index contributed by atoms with van der Waals surface area (Å²) in [5, 5.41) is 3.54. The van der Waals surface area contributed by atoms with Gasteiger partial charge < -0.3 is 10.1 Å². The van der Waals surface area contributed by atoms with Gasteiger partial charge >= 0.3 is 5.97 Å². The molecule has 0 radical (unpaired) electrons. The second-order valence-electron chi connectivity index (χ2n) is 7.59. The molecule has 1 N–H and O–H groups in total. The van der Waals surface area contributed by atoms with E-state index in [0.717, 1.165) is 38.0 Å². The first-order valence-corrected chi connectivity index (χ1v) is 8.90. The second kappa shape index (κ2) is 4.82. The van der Waals surface area contributed by atoms with Crippen LogP contribution in [0, 0.1) is 11.8 Å². The van der Waals surface area contributed by atoms with Gasteiger partial charge in [0, 0.05) is 23.1 Å². The average molecular weight is 326 g/mol. The van der Waals surface area contributed by atoms with Crippen molar-refractivity contribution in [3.63, 3.8) is 0 Å². The van der Waals surface area contributed by atoms with Crippen LogP contribution in [0.3, 0.4) is 0 Å². The molecular formula is C19H22N2O3. The number of Topliss-reactive ketones (excluding diaryl/α,β-unsaturated/α-hetero) is 1. The van der Waals surface area contributed by atoms with Gasteiger partial charge in [0.1, 0.15) is 5.92 Å². The predicted molar refractivity (Wildman–Crippen MR) is 88.7 cm³/mol. The summed E-state index contributed by atoms with van der Waals surface area (Å²) in [6.07, 6.45) is 2.93. The quantitative estimate of drug-likeness (QED) is 0.627. The number of esters is 1. The van der Waals surface area contributed by atoms with Crippen molar-refractivity contribution in [1.82, 2.24) is 4.90 Å². The summed E-state index contributed by atoms with van der Waals surface area (Å²) in [5.41, 5.74) is 2.22. The number of anilines is 1. The topological polar surface area (TPSA) is 58.6 Å².